The Morgan fingerprint density at radius 3 is 2.60 bits per heavy atom. The number of ether oxygens (including phenoxy) is 2. The highest BCUT2D eigenvalue weighted by molar-refractivity contribution is 5.31. The lowest BCUT2D eigenvalue weighted by Crippen LogP contribution is -2.06. The molecule has 0 radical (unpaired) electrons. The minimum absolute atomic E-state index is 0.293. The van der Waals surface area contributed by atoms with Gasteiger partial charge >= 0.3 is 0 Å². The van der Waals surface area contributed by atoms with Gasteiger partial charge in [-0.3, -0.25) is 0 Å². The Bertz CT molecular complexity index is 572. The molecule has 0 aromatic heterocycles. The normalized spacial score (nSPS) is 10.3. The molecular weight excluding hydrogens is 257 g/mol. The van der Waals surface area contributed by atoms with Gasteiger partial charge in [-0.2, -0.15) is 0 Å². The fourth-order valence-electron chi connectivity index (χ4n) is 1.94. The van der Waals surface area contributed by atoms with E-state index in [1.165, 1.54) is 12.1 Å². The number of rotatable bonds is 6. The van der Waals surface area contributed by atoms with Crippen LogP contribution in [0.4, 0.5) is 4.39 Å². The Morgan fingerprint density at radius 1 is 1.05 bits per heavy atom. The van der Waals surface area contributed by atoms with Gasteiger partial charge in [-0.15, -0.1) is 0 Å². The van der Waals surface area contributed by atoms with E-state index in [-0.39, 0.29) is 5.82 Å². The number of benzene rings is 2. The Morgan fingerprint density at radius 2 is 1.85 bits per heavy atom. The van der Waals surface area contributed by atoms with Gasteiger partial charge in [-0.1, -0.05) is 12.1 Å². The summed E-state index contributed by atoms with van der Waals surface area (Å²) in [6, 6.07) is 12.3. The molecule has 0 atom stereocenters. The number of methoxy groups -OCH3 is 1. The van der Waals surface area contributed by atoms with Crippen LogP contribution >= 0.6 is 0 Å². The van der Waals surface area contributed by atoms with E-state index in [1.807, 2.05) is 37.4 Å². The average molecular weight is 275 g/mol. The second kappa shape index (κ2) is 6.91. The number of hydrogen-bond acceptors (Lipinski definition) is 3. The van der Waals surface area contributed by atoms with E-state index in [9.17, 15) is 4.39 Å². The molecule has 0 fully saturated rings. The summed E-state index contributed by atoms with van der Waals surface area (Å²) in [5.41, 5.74) is 1.83. The van der Waals surface area contributed by atoms with E-state index in [0.717, 1.165) is 16.9 Å². The highest BCUT2D eigenvalue weighted by Gasteiger charge is 2.03. The summed E-state index contributed by atoms with van der Waals surface area (Å²) in [4.78, 5) is 0. The van der Waals surface area contributed by atoms with Gasteiger partial charge < -0.3 is 14.8 Å². The SMILES string of the molecule is CNCc1cc(F)cc(OCc2cccc(OC)c2)c1. The van der Waals surface area contributed by atoms with Crippen LogP contribution in [0, 0.1) is 5.82 Å². The van der Waals surface area contributed by atoms with Crippen molar-refractivity contribution in [3.8, 4) is 11.5 Å². The van der Waals surface area contributed by atoms with Crippen molar-refractivity contribution in [2.75, 3.05) is 14.2 Å². The molecule has 0 spiro atoms. The molecule has 1 N–H and O–H groups in total. The van der Waals surface area contributed by atoms with Crippen LogP contribution in [0.1, 0.15) is 11.1 Å². The molecule has 3 nitrogen and oxygen atoms in total. The lowest BCUT2D eigenvalue weighted by Gasteiger charge is -2.09. The fourth-order valence-corrected chi connectivity index (χ4v) is 1.94. The van der Waals surface area contributed by atoms with Gasteiger partial charge in [0, 0.05) is 12.6 Å². The van der Waals surface area contributed by atoms with Gasteiger partial charge in [0.25, 0.3) is 0 Å². The van der Waals surface area contributed by atoms with Crippen LogP contribution < -0.4 is 14.8 Å². The molecule has 0 aliphatic rings. The third-order valence-electron chi connectivity index (χ3n) is 2.85. The van der Waals surface area contributed by atoms with E-state index in [2.05, 4.69) is 5.32 Å². The van der Waals surface area contributed by atoms with Gasteiger partial charge in [0.1, 0.15) is 23.9 Å². The topological polar surface area (TPSA) is 30.5 Å². The fraction of sp³-hybridized carbons (Fsp3) is 0.250. The molecule has 0 heterocycles. The van der Waals surface area contributed by atoms with Crippen molar-refractivity contribution in [3.05, 3.63) is 59.4 Å². The summed E-state index contributed by atoms with van der Waals surface area (Å²) in [6.07, 6.45) is 0. The minimum atomic E-state index is -0.293. The number of hydrogen-bond donors (Lipinski definition) is 1. The Balaban J connectivity index is 2.06. The molecule has 4 heteroatoms. The third-order valence-corrected chi connectivity index (χ3v) is 2.85. The predicted octanol–water partition coefficient (Wildman–Crippen LogP) is 3.13. The highest BCUT2D eigenvalue weighted by Crippen LogP contribution is 2.19. The zero-order valence-corrected chi connectivity index (χ0v) is 11.7. The molecule has 2 rings (SSSR count). The monoisotopic (exact) mass is 275 g/mol. The van der Waals surface area contributed by atoms with Gasteiger partial charge in [-0.25, -0.2) is 4.39 Å². The maximum absolute atomic E-state index is 13.5. The van der Waals surface area contributed by atoms with Crippen molar-refractivity contribution < 1.29 is 13.9 Å². The molecule has 0 aliphatic carbocycles. The summed E-state index contributed by atoms with van der Waals surface area (Å²) in [5, 5.41) is 2.99. The lowest BCUT2D eigenvalue weighted by atomic mass is 10.2. The lowest BCUT2D eigenvalue weighted by molar-refractivity contribution is 0.303. The summed E-state index contributed by atoms with van der Waals surface area (Å²) in [6.45, 7) is 0.979. The van der Waals surface area contributed by atoms with Crippen molar-refractivity contribution in [1.82, 2.24) is 5.32 Å². The standard InChI is InChI=1S/C16H18FNO2/c1-18-10-13-6-14(17)9-16(8-13)20-11-12-4-3-5-15(7-12)19-2/h3-9,18H,10-11H2,1-2H3. The first-order valence-corrected chi connectivity index (χ1v) is 6.41. The molecule has 106 valence electrons. The minimum Gasteiger partial charge on any atom is -0.497 e. The van der Waals surface area contributed by atoms with Gasteiger partial charge in [0.15, 0.2) is 0 Å². The van der Waals surface area contributed by atoms with Crippen molar-refractivity contribution in [2.45, 2.75) is 13.2 Å². The summed E-state index contributed by atoms with van der Waals surface area (Å²) >= 11 is 0. The molecule has 0 saturated heterocycles. The van der Waals surface area contributed by atoms with E-state index in [1.54, 1.807) is 7.11 Å². The molecule has 2 aromatic carbocycles. The smallest absolute Gasteiger partial charge is 0.127 e. The zero-order chi connectivity index (χ0) is 14.4. The molecule has 0 bridgehead atoms. The van der Waals surface area contributed by atoms with Crippen molar-refractivity contribution in [1.29, 1.82) is 0 Å². The van der Waals surface area contributed by atoms with E-state index >= 15 is 0 Å². The third kappa shape index (κ3) is 3.96. The Hall–Kier alpha value is -2.07. The van der Waals surface area contributed by atoms with Crippen LogP contribution in [0.5, 0.6) is 11.5 Å². The van der Waals surface area contributed by atoms with Crippen molar-refractivity contribution in [3.63, 3.8) is 0 Å². The maximum Gasteiger partial charge on any atom is 0.127 e. The Kier molecular flexibility index (Phi) is 4.96. The van der Waals surface area contributed by atoms with Crippen LogP contribution in [0.15, 0.2) is 42.5 Å². The van der Waals surface area contributed by atoms with E-state index in [0.29, 0.717) is 18.9 Å². The van der Waals surface area contributed by atoms with Gasteiger partial charge in [0.05, 0.1) is 7.11 Å². The van der Waals surface area contributed by atoms with Crippen LogP contribution in [0.25, 0.3) is 0 Å². The summed E-state index contributed by atoms with van der Waals surface area (Å²) < 4.78 is 24.3. The molecular formula is C16H18FNO2. The Labute approximate surface area is 118 Å². The van der Waals surface area contributed by atoms with Gasteiger partial charge in [-0.05, 0) is 42.4 Å². The highest BCUT2D eigenvalue weighted by atomic mass is 19.1. The second-order valence-corrected chi connectivity index (χ2v) is 4.47. The van der Waals surface area contributed by atoms with Crippen LogP contribution in [-0.4, -0.2) is 14.2 Å². The first-order valence-electron chi connectivity index (χ1n) is 6.41. The molecule has 0 saturated carbocycles. The molecule has 20 heavy (non-hydrogen) atoms. The summed E-state index contributed by atoms with van der Waals surface area (Å²) in [5.74, 6) is 1.01. The number of nitrogens with one attached hydrogen (secondary N) is 1. The largest absolute Gasteiger partial charge is 0.497 e. The van der Waals surface area contributed by atoms with Crippen LogP contribution in [-0.2, 0) is 13.2 Å². The first-order chi connectivity index (χ1) is 9.71. The quantitative estimate of drug-likeness (QED) is 0.878. The number of halogens is 1. The first kappa shape index (κ1) is 14.3. The molecule has 2 aromatic rings. The maximum atomic E-state index is 13.5. The van der Waals surface area contributed by atoms with Gasteiger partial charge in [0.2, 0.25) is 0 Å². The summed E-state index contributed by atoms with van der Waals surface area (Å²) in [7, 11) is 3.44. The predicted molar refractivity (Wildman–Crippen MR) is 76.5 cm³/mol. The average Bonchev–Trinajstić information content (AvgIpc) is 2.45. The second-order valence-electron chi connectivity index (χ2n) is 4.47. The van der Waals surface area contributed by atoms with Crippen LogP contribution in [0.2, 0.25) is 0 Å². The van der Waals surface area contributed by atoms with E-state index < -0.39 is 0 Å². The molecule has 0 amide bonds. The van der Waals surface area contributed by atoms with Crippen molar-refractivity contribution in [2.24, 2.45) is 0 Å². The van der Waals surface area contributed by atoms with Crippen LogP contribution in [0.3, 0.4) is 0 Å². The zero-order valence-electron chi connectivity index (χ0n) is 11.7. The molecule has 0 unspecified atom stereocenters. The molecule has 0 aliphatic heterocycles. The van der Waals surface area contributed by atoms with E-state index in [4.69, 9.17) is 9.47 Å². The van der Waals surface area contributed by atoms with Crippen molar-refractivity contribution >= 4 is 0 Å².